The standard InChI is InChI=1S/C20H32N2O.C15H30N2/c1-15(2)17-6-5-7-19(12-17)23-20-13-22(14-20)18-8-10-21(11-9-18)16(3)4;1-12(2)15-10-16(11-15)8-14-6-5-7-17(9-14)13(3)4/h5-7,12,15-16,18,20H,8-11,13-14H2,1-4H3;12-15H,5-11H2,1-4H3. The lowest BCUT2D eigenvalue weighted by Crippen LogP contribution is -2.60. The summed E-state index contributed by atoms with van der Waals surface area (Å²) in [7, 11) is 0. The summed E-state index contributed by atoms with van der Waals surface area (Å²) in [5.41, 5.74) is 1.36. The van der Waals surface area contributed by atoms with E-state index in [1.54, 1.807) is 0 Å². The van der Waals surface area contributed by atoms with Crippen molar-refractivity contribution in [3.63, 3.8) is 0 Å². The summed E-state index contributed by atoms with van der Waals surface area (Å²) in [6, 6.07) is 10.8. The molecule has 0 aliphatic carbocycles. The van der Waals surface area contributed by atoms with Crippen LogP contribution in [0.4, 0.5) is 0 Å². The lowest BCUT2D eigenvalue weighted by Gasteiger charge is -2.47. The summed E-state index contributed by atoms with van der Waals surface area (Å²) in [6.07, 6.45) is 5.86. The summed E-state index contributed by atoms with van der Waals surface area (Å²) in [5, 5.41) is 0. The molecule has 0 radical (unpaired) electrons. The van der Waals surface area contributed by atoms with Gasteiger partial charge < -0.3 is 19.4 Å². The zero-order valence-electron chi connectivity index (χ0n) is 27.3. The molecule has 1 aromatic rings. The van der Waals surface area contributed by atoms with Crippen molar-refractivity contribution in [1.29, 1.82) is 0 Å². The number of piperidine rings is 2. The Bertz CT molecular complexity index is 866. The van der Waals surface area contributed by atoms with Crippen LogP contribution in [-0.2, 0) is 0 Å². The van der Waals surface area contributed by atoms with E-state index in [4.69, 9.17) is 4.74 Å². The Morgan fingerprint density at radius 3 is 2.05 bits per heavy atom. The van der Waals surface area contributed by atoms with E-state index < -0.39 is 0 Å². The molecule has 4 aliphatic rings. The van der Waals surface area contributed by atoms with Gasteiger partial charge in [-0.25, -0.2) is 0 Å². The van der Waals surface area contributed by atoms with Gasteiger partial charge in [-0.3, -0.25) is 4.90 Å². The van der Waals surface area contributed by atoms with E-state index in [1.165, 1.54) is 77.1 Å². The van der Waals surface area contributed by atoms with Crippen LogP contribution in [0.3, 0.4) is 0 Å². The van der Waals surface area contributed by atoms with Crippen molar-refractivity contribution >= 4 is 0 Å². The molecule has 4 heterocycles. The van der Waals surface area contributed by atoms with E-state index in [1.807, 2.05) is 0 Å². The first kappa shape index (κ1) is 31.8. The number of hydrogen-bond acceptors (Lipinski definition) is 5. The highest BCUT2D eigenvalue weighted by Gasteiger charge is 2.36. The molecule has 0 aromatic heterocycles. The Kier molecular flexibility index (Phi) is 11.8. The summed E-state index contributed by atoms with van der Waals surface area (Å²) < 4.78 is 6.17. The topological polar surface area (TPSA) is 22.2 Å². The predicted octanol–water partition coefficient (Wildman–Crippen LogP) is 6.44. The van der Waals surface area contributed by atoms with E-state index in [-0.39, 0.29) is 0 Å². The van der Waals surface area contributed by atoms with E-state index in [9.17, 15) is 0 Å². The van der Waals surface area contributed by atoms with Crippen molar-refractivity contribution in [2.75, 3.05) is 58.9 Å². The summed E-state index contributed by atoms with van der Waals surface area (Å²) >= 11 is 0. The van der Waals surface area contributed by atoms with Crippen molar-refractivity contribution in [1.82, 2.24) is 19.6 Å². The van der Waals surface area contributed by atoms with Crippen LogP contribution >= 0.6 is 0 Å². The first-order valence-corrected chi connectivity index (χ1v) is 16.8. The van der Waals surface area contributed by atoms with Crippen molar-refractivity contribution in [3.8, 4) is 5.75 Å². The second-order valence-corrected chi connectivity index (χ2v) is 14.6. The average Bonchev–Trinajstić information content (AvgIpc) is 2.88. The fourth-order valence-electron chi connectivity index (χ4n) is 7.01. The van der Waals surface area contributed by atoms with Crippen LogP contribution in [0, 0.1) is 17.8 Å². The minimum atomic E-state index is 0.376. The van der Waals surface area contributed by atoms with Gasteiger partial charge in [-0.05, 0) is 114 Å². The monoisotopic (exact) mass is 554 g/mol. The molecule has 5 heteroatoms. The van der Waals surface area contributed by atoms with Crippen LogP contribution < -0.4 is 4.74 Å². The minimum Gasteiger partial charge on any atom is -0.488 e. The fraction of sp³-hybridized carbons (Fsp3) is 0.829. The molecule has 1 atom stereocenters. The van der Waals surface area contributed by atoms with Gasteiger partial charge in [-0.1, -0.05) is 39.8 Å². The van der Waals surface area contributed by atoms with Crippen LogP contribution in [0.1, 0.15) is 92.6 Å². The fourth-order valence-corrected chi connectivity index (χ4v) is 7.01. The molecule has 0 N–H and O–H groups in total. The summed E-state index contributed by atoms with van der Waals surface area (Å²) in [6.45, 7) is 29.9. The zero-order valence-corrected chi connectivity index (χ0v) is 27.3. The van der Waals surface area contributed by atoms with Gasteiger partial charge in [0.1, 0.15) is 11.9 Å². The molecule has 5 nitrogen and oxygen atoms in total. The number of likely N-dealkylation sites (tertiary alicyclic amines) is 4. The third-order valence-electron chi connectivity index (χ3n) is 10.2. The third kappa shape index (κ3) is 8.93. The highest BCUT2D eigenvalue weighted by atomic mass is 16.5. The van der Waals surface area contributed by atoms with E-state index in [0.717, 1.165) is 48.7 Å². The van der Waals surface area contributed by atoms with Gasteiger partial charge >= 0.3 is 0 Å². The number of nitrogens with zero attached hydrogens (tertiary/aromatic N) is 4. The Balaban J connectivity index is 0.000000194. The van der Waals surface area contributed by atoms with Crippen LogP contribution in [0.25, 0.3) is 0 Å². The minimum absolute atomic E-state index is 0.376. The molecular formula is C35H62N4O. The van der Waals surface area contributed by atoms with Crippen LogP contribution in [0.5, 0.6) is 5.75 Å². The molecule has 40 heavy (non-hydrogen) atoms. The highest BCUT2D eigenvalue weighted by molar-refractivity contribution is 5.30. The quantitative estimate of drug-likeness (QED) is 0.349. The SMILES string of the molecule is CC(C)C1CN(CC2CCCN(C(C)C)C2)C1.CC(C)c1cccc(OC2CN(C3CCN(C(C)C)CC3)C2)c1. The van der Waals surface area contributed by atoms with Crippen molar-refractivity contribution in [2.45, 2.75) is 111 Å². The van der Waals surface area contributed by atoms with Crippen molar-refractivity contribution < 1.29 is 4.74 Å². The smallest absolute Gasteiger partial charge is 0.124 e. The lowest BCUT2D eigenvalue weighted by molar-refractivity contribution is -0.0289. The molecule has 0 bridgehead atoms. The molecule has 4 saturated heterocycles. The van der Waals surface area contributed by atoms with E-state index in [2.05, 4.69) is 99.3 Å². The molecule has 0 spiro atoms. The highest BCUT2D eigenvalue weighted by Crippen LogP contribution is 2.28. The molecule has 0 amide bonds. The van der Waals surface area contributed by atoms with Crippen molar-refractivity contribution in [2.24, 2.45) is 17.8 Å². The molecule has 4 aliphatic heterocycles. The third-order valence-corrected chi connectivity index (χ3v) is 10.2. The lowest BCUT2D eigenvalue weighted by atomic mass is 9.86. The number of ether oxygens (including phenoxy) is 1. The van der Waals surface area contributed by atoms with E-state index in [0.29, 0.717) is 18.1 Å². The van der Waals surface area contributed by atoms with Crippen molar-refractivity contribution in [3.05, 3.63) is 29.8 Å². The molecule has 0 saturated carbocycles. The predicted molar refractivity (Wildman–Crippen MR) is 170 cm³/mol. The first-order valence-electron chi connectivity index (χ1n) is 16.8. The Morgan fingerprint density at radius 1 is 0.775 bits per heavy atom. The van der Waals surface area contributed by atoms with Gasteiger partial charge in [0.2, 0.25) is 0 Å². The zero-order chi connectivity index (χ0) is 28.8. The maximum atomic E-state index is 6.17. The van der Waals surface area contributed by atoms with Gasteiger partial charge in [0, 0.05) is 57.4 Å². The van der Waals surface area contributed by atoms with Gasteiger partial charge in [-0.15, -0.1) is 0 Å². The van der Waals surface area contributed by atoms with Crippen LogP contribution in [0.2, 0.25) is 0 Å². The van der Waals surface area contributed by atoms with Crippen LogP contribution in [-0.4, -0.2) is 103 Å². The Morgan fingerprint density at radius 2 is 1.45 bits per heavy atom. The largest absolute Gasteiger partial charge is 0.488 e. The summed E-state index contributed by atoms with van der Waals surface area (Å²) in [4.78, 5) is 10.6. The van der Waals surface area contributed by atoms with E-state index >= 15 is 0 Å². The number of hydrogen-bond donors (Lipinski definition) is 0. The maximum Gasteiger partial charge on any atom is 0.124 e. The molecule has 1 unspecified atom stereocenters. The van der Waals surface area contributed by atoms with Gasteiger partial charge in [0.05, 0.1) is 0 Å². The summed E-state index contributed by atoms with van der Waals surface area (Å²) in [5.74, 6) is 4.38. The second-order valence-electron chi connectivity index (χ2n) is 14.6. The first-order chi connectivity index (χ1) is 19.1. The number of rotatable bonds is 9. The maximum absolute atomic E-state index is 6.17. The molecular weight excluding hydrogens is 492 g/mol. The molecule has 5 rings (SSSR count). The number of benzene rings is 1. The molecule has 4 fully saturated rings. The van der Waals surface area contributed by atoms with Crippen LogP contribution in [0.15, 0.2) is 24.3 Å². The Hall–Kier alpha value is -1.14. The average molecular weight is 555 g/mol. The van der Waals surface area contributed by atoms with Gasteiger partial charge in [0.15, 0.2) is 0 Å². The molecule has 1 aromatic carbocycles. The second kappa shape index (κ2) is 14.8. The normalized spacial score (nSPS) is 24.9. The molecule has 228 valence electrons. The van der Waals surface area contributed by atoms with Gasteiger partial charge in [-0.2, -0.15) is 0 Å². The van der Waals surface area contributed by atoms with Gasteiger partial charge in [0.25, 0.3) is 0 Å². The Labute approximate surface area is 247 Å².